The van der Waals surface area contributed by atoms with Crippen LogP contribution >= 0.6 is 24.0 Å². The molecule has 1 aromatic carbocycles. The standard InChI is InChI=1S/C19H26N2O2S2/c1-13(16-12-14(23-2)8-9-18(16)22)20-10-5-11-21-17-7-4-6-15(17)19(24)25-3/h8-9,12,21-22H,4-7,10-11H2,1-3H3. The number of thiocarbonyl (C=S) groups is 1. The topological polar surface area (TPSA) is 53.9 Å². The van der Waals surface area contributed by atoms with Crippen LogP contribution in [-0.4, -0.2) is 41.5 Å². The summed E-state index contributed by atoms with van der Waals surface area (Å²) < 4.78 is 6.22. The molecule has 0 heterocycles. The molecule has 2 rings (SSSR count). The maximum absolute atomic E-state index is 9.98. The minimum Gasteiger partial charge on any atom is -0.507 e. The number of ether oxygens (including phenoxy) is 1. The molecule has 2 N–H and O–H groups in total. The van der Waals surface area contributed by atoms with Crippen molar-refractivity contribution >= 4 is 33.9 Å². The Morgan fingerprint density at radius 1 is 1.40 bits per heavy atom. The lowest BCUT2D eigenvalue weighted by atomic mass is 10.1. The van der Waals surface area contributed by atoms with Gasteiger partial charge in [-0.2, -0.15) is 0 Å². The number of thioether (sulfide) groups is 1. The predicted molar refractivity (Wildman–Crippen MR) is 111 cm³/mol. The number of nitrogens with zero attached hydrogens (tertiary/aromatic N) is 1. The fourth-order valence-corrected chi connectivity index (χ4v) is 3.57. The summed E-state index contributed by atoms with van der Waals surface area (Å²) in [6, 6.07) is 5.19. The van der Waals surface area contributed by atoms with Crippen molar-refractivity contribution in [3.05, 3.63) is 35.0 Å². The van der Waals surface area contributed by atoms with E-state index in [0.717, 1.165) is 47.0 Å². The zero-order chi connectivity index (χ0) is 18.2. The molecule has 0 radical (unpaired) electrons. The van der Waals surface area contributed by atoms with Crippen molar-refractivity contribution in [3.8, 4) is 11.5 Å². The van der Waals surface area contributed by atoms with Gasteiger partial charge in [0.05, 0.1) is 11.3 Å². The first kappa shape index (κ1) is 19.8. The number of allylic oxidation sites excluding steroid dienone is 1. The van der Waals surface area contributed by atoms with Crippen molar-refractivity contribution in [1.82, 2.24) is 5.32 Å². The molecule has 0 saturated carbocycles. The van der Waals surface area contributed by atoms with Crippen molar-refractivity contribution in [2.75, 3.05) is 26.5 Å². The van der Waals surface area contributed by atoms with Gasteiger partial charge in [-0.15, -0.1) is 11.8 Å². The monoisotopic (exact) mass is 378 g/mol. The third-order valence-electron chi connectivity index (χ3n) is 4.27. The van der Waals surface area contributed by atoms with Gasteiger partial charge < -0.3 is 15.2 Å². The highest BCUT2D eigenvalue weighted by Gasteiger charge is 2.17. The predicted octanol–water partition coefficient (Wildman–Crippen LogP) is 4.32. The van der Waals surface area contributed by atoms with Gasteiger partial charge in [0.2, 0.25) is 0 Å². The van der Waals surface area contributed by atoms with Gasteiger partial charge in [-0.3, -0.25) is 4.99 Å². The van der Waals surface area contributed by atoms with E-state index in [-0.39, 0.29) is 5.75 Å². The number of nitrogens with one attached hydrogen (secondary N) is 1. The molecule has 25 heavy (non-hydrogen) atoms. The number of aliphatic imine (C=N–C) groups is 1. The molecule has 0 bridgehead atoms. The number of hydrogen-bond acceptors (Lipinski definition) is 6. The number of aromatic hydroxyl groups is 1. The van der Waals surface area contributed by atoms with E-state index >= 15 is 0 Å². The maximum Gasteiger partial charge on any atom is 0.124 e. The first-order chi connectivity index (χ1) is 12.1. The fraction of sp³-hybridized carbons (Fsp3) is 0.474. The normalized spacial score (nSPS) is 14.8. The van der Waals surface area contributed by atoms with Gasteiger partial charge in [0.1, 0.15) is 11.5 Å². The summed E-state index contributed by atoms with van der Waals surface area (Å²) in [5, 5.41) is 13.5. The molecule has 1 aliphatic rings. The molecule has 0 unspecified atom stereocenters. The molecule has 1 aromatic rings. The molecule has 0 spiro atoms. The highest BCUT2D eigenvalue weighted by Crippen LogP contribution is 2.28. The van der Waals surface area contributed by atoms with Crippen LogP contribution in [0.25, 0.3) is 0 Å². The number of benzene rings is 1. The second-order valence-corrected chi connectivity index (χ2v) is 7.42. The molecule has 136 valence electrons. The molecule has 0 amide bonds. The SMILES string of the molecule is COc1ccc(O)c(C(C)=NCCCNC2=C(C(=S)SC)CCC2)c1. The van der Waals surface area contributed by atoms with Crippen LogP contribution < -0.4 is 10.1 Å². The van der Waals surface area contributed by atoms with Crippen molar-refractivity contribution < 1.29 is 9.84 Å². The Morgan fingerprint density at radius 3 is 2.92 bits per heavy atom. The summed E-state index contributed by atoms with van der Waals surface area (Å²) in [7, 11) is 1.61. The number of hydrogen-bond donors (Lipinski definition) is 2. The molecule has 0 aromatic heterocycles. The van der Waals surface area contributed by atoms with E-state index in [9.17, 15) is 5.11 Å². The van der Waals surface area contributed by atoms with Crippen LogP contribution in [0.4, 0.5) is 0 Å². The van der Waals surface area contributed by atoms with Gasteiger partial charge in [0, 0.05) is 30.1 Å². The van der Waals surface area contributed by atoms with Gasteiger partial charge in [-0.25, -0.2) is 0 Å². The number of methoxy groups -OCH3 is 1. The van der Waals surface area contributed by atoms with Crippen molar-refractivity contribution in [3.63, 3.8) is 0 Å². The largest absolute Gasteiger partial charge is 0.507 e. The van der Waals surface area contributed by atoms with E-state index in [4.69, 9.17) is 17.0 Å². The second-order valence-electron chi connectivity index (χ2n) is 5.93. The van der Waals surface area contributed by atoms with E-state index in [1.54, 1.807) is 31.0 Å². The average molecular weight is 379 g/mol. The molecule has 6 heteroatoms. The molecular weight excluding hydrogens is 352 g/mol. The summed E-state index contributed by atoms with van der Waals surface area (Å²) >= 11 is 7.08. The van der Waals surface area contributed by atoms with Crippen LogP contribution in [0.5, 0.6) is 11.5 Å². The fourth-order valence-electron chi connectivity index (χ4n) is 2.87. The van der Waals surface area contributed by atoms with Crippen LogP contribution in [0, 0.1) is 0 Å². The highest BCUT2D eigenvalue weighted by molar-refractivity contribution is 8.23. The quantitative estimate of drug-likeness (QED) is 0.401. The van der Waals surface area contributed by atoms with Crippen LogP contribution in [0.1, 0.15) is 38.2 Å². The minimum atomic E-state index is 0.228. The van der Waals surface area contributed by atoms with Gasteiger partial charge in [0.15, 0.2) is 0 Å². The Labute approximate surface area is 159 Å². The molecule has 0 aliphatic heterocycles. The zero-order valence-corrected chi connectivity index (χ0v) is 16.7. The van der Waals surface area contributed by atoms with E-state index in [1.165, 1.54) is 17.7 Å². The molecular formula is C19H26N2O2S2. The van der Waals surface area contributed by atoms with E-state index in [2.05, 4.69) is 10.3 Å². The molecule has 0 saturated heterocycles. The van der Waals surface area contributed by atoms with Crippen LogP contribution in [0.3, 0.4) is 0 Å². The number of phenolic OH excluding ortho intramolecular Hbond substituents is 1. The Kier molecular flexibility index (Phi) is 7.78. The summed E-state index contributed by atoms with van der Waals surface area (Å²) in [6.45, 7) is 3.51. The van der Waals surface area contributed by atoms with Gasteiger partial charge >= 0.3 is 0 Å². The zero-order valence-electron chi connectivity index (χ0n) is 15.1. The third kappa shape index (κ3) is 5.47. The van der Waals surface area contributed by atoms with Crippen LogP contribution in [0.2, 0.25) is 0 Å². The smallest absolute Gasteiger partial charge is 0.124 e. The van der Waals surface area contributed by atoms with Crippen molar-refractivity contribution in [2.45, 2.75) is 32.6 Å². The summed E-state index contributed by atoms with van der Waals surface area (Å²) in [5.74, 6) is 0.945. The molecule has 0 fully saturated rings. The number of rotatable bonds is 8. The lowest BCUT2D eigenvalue weighted by Crippen LogP contribution is -2.16. The summed E-state index contributed by atoms with van der Waals surface area (Å²) in [5.41, 5.74) is 4.17. The average Bonchev–Trinajstić information content (AvgIpc) is 3.09. The summed E-state index contributed by atoms with van der Waals surface area (Å²) in [6.07, 6.45) is 6.34. The van der Waals surface area contributed by atoms with E-state index in [0.29, 0.717) is 6.54 Å². The van der Waals surface area contributed by atoms with Crippen molar-refractivity contribution in [1.29, 1.82) is 0 Å². The van der Waals surface area contributed by atoms with Gasteiger partial charge in [-0.1, -0.05) is 12.2 Å². The Hall–Kier alpha value is -1.53. The second kappa shape index (κ2) is 9.82. The number of phenols is 1. The van der Waals surface area contributed by atoms with E-state index < -0.39 is 0 Å². The third-order valence-corrected chi connectivity index (χ3v) is 5.63. The first-order valence-electron chi connectivity index (χ1n) is 8.49. The van der Waals surface area contributed by atoms with Gasteiger partial charge in [-0.05, 0) is 62.6 Å². The molecule has 0 atom stereocenters. The lowest BCUT2D eigenvalue weighted by Gasteiger charge is -2.10. The summed E-state index contributed by atoms with van der Waals surface area (Å²) in [4.78, 5) is 4.58. The lowest BCUT2D eigenvalue weighted by molar-refractivity contribution is 0.412. The van der Waals surface area contributed by atoms with E-state index in [1.807, 2.05) is 19.2 Å². The molecule has 1 aliphatic carbocycles. The Morgan fingerprint density at radius 2 is 2.20 bits per heavy atom. The Bertz CT molecular complexity index is 684. The van der Waals surface area contributed by atoms with Crippen molar-refractivity contribution in [2.24, 2.45) is 4.99 Å². The van der Waals surface area contributed by atoms with Gasteiger partial charge in [0.25, 0.3) is 0 Å². The van der Waals surface area contributed by atoms with Crippen LogP contribution in [0.15, 0.2) is 34.5 Å². The molecule has 4 nitrogen and oxygen atoms in total. The Balaban J connectivity index is 1.86. The highest BCUT2D eigenvalue weighted by atomic mass is 32.2. The first-order valence-corrected chi connectivity index (χ1v) is 10.1. The maximum atomic E-state index is 9.98. The minimum absolute atomic E-state index is 0.228. The van der Waals surface area contributed by atoms with Crippen LogP contribution in [-0.2, 0) is 0 Å².